The average molecular weight is 1080 g/mol. The summed E-state index contributed by atoms with van der Waals surface area (Å²) in [4.78, 5) is 58.5. The first-order valence-corrected chi connectivity index (χ1v) is 29.3. The summed E-state index contributed by atoms with van der Waals surface area (Å²) in [5, 5.41) is 24.8. The maximum absolute atomic E-state index is 14.9. The van der Waals surface area contributed by atoms with Crippen molar-refractivity contribution < 1.29 is 19.4 Å². The quantitative estimate of drug-likeness (QED) is 0.120. The smallest absolute Gasteiger partial charge is 0.282 e. The normalized spacial score (nSPS) is 23.8. The van der Waals surface area contributed by atoms with Crippen LogP contribution in [0.1, 0.15) is 150 Å². The van der Waals surface area contributed by atoms with Crippen molar-refractivity contribution in [2.45, 2.75) is 139 Å². The largest absolute Gasteiger partial charge is 0.391 e. The third kappa shape index (κ3) is 10.3. The number of nitrogens with one attached hydrogen (secondary N) is 1. The predicted octanol–water partition coefficient (Wildman–Crippen LogP) is 9.15. The van der Waals surface area contributed by atoms with Gasteiger partial charge in [-0.25, -0.2) is 4.68 Å². The van der Waals surface area contributed by atoms with Gasteiger partial charge >= 0.3 is 0 Å². The van der Waals surface area contributed by atoms with Crippen LogP contribution < -0.4 is 10.9 Å². The second-order valence-corrected chi connectivity index (χ2v) is 24.9. The molecule has 5 fully saturated rings. The molecule has 0 bridgehead atoms. The Hall–Kier alpha value is -5.84. The Kier molecular flexibility index (Phi) is 14.9. The van der Waals surface area contributed by atoms with Crippen LogP contribution in [0, 0.1) is 11.3 Å². The number of β-amino-alcohol motifs (C(OH)–C–C–N with tert-alkyl or cyclic N) is 1. The second kappa shape index (κ2) is 22.0. The van der Waals surface area contributed by atoms with Gasteiger partial charge in [0.2, 0.25) is 11.8 Å². The number of amides is 2. The molecule has 0 unspecified atom stereocenters. The minimum atomic E-state index is -0.843. The van der Waals surface area contributed by atoms with Crippen LogP contribution in [0.4, 0.5) is 0 Å². The van der Waals surface area contributed by atoms with E-state index in [0.29, 0.717) is 42.0 Å². The fraction of sp³-hybridized carbons (Fsp3) is 0.532. The first-order chi connectivity index (χ1) is 37.8. The van der Waals surface area contributed by atoms with Gasteiger partial charge in [-0.1, -0.05) is 99.3 Å². The zero-order valence-corrected chi connectivity index (χ0v) is 46.3. The van der Waals surface area contributed by atoms with Crippen molar-refractivity contribution in [3.8, 4) is 16.8 Å². The highest BCUT2D eigenvalue weighted by atomic mass is 35.5. The Balaban J connectivity index is 0.676. The molecule has 4 atom stereocenters. The van der Waals surface area contributed by atoms with Gasteiger partial charge in [-0.3, -0.25) is 28.8 Å². The van der Waals surface area contributed by atoms with Crippen molar-refractivity contribution in [1.82, 2.24) is 49.5 Å². The Labute approximate surface area is 462 Å². The number of ether oxygens (including phenoxy) is 1. The number of likely N-dealkylation sites (tertiary alicyclic amines) is 2. The molecule has 12 rings (SSSR count). The molecule has 2 N–H and O–H groups in total. The van der Waals surface area contributed by atoms with Crippen molar-refractivity contribution in [2.24, 2.45) is 11.3 Å². The van der Waals surface area contributed by atoms with E-state index in [2.05, 4.69) is 72.3 Å². The van der Waals surface area contributed by atoms with E-state index in [1.54, 1.807) is 28.0 Å². The number of rotatable bonds is 12. The number of nitrogens with zero attached hydrogens (tertiary/aromatic N) is 9. The van der Waals surface area contributed by atoms with Gasteiger partial charge in [0.1, 0.15) is 17.9 Å². The van der Waals surface area contributed by atoms with Gasteiger partial charge in [0.25, 0.3) is 5.56 Å². The summed E-state index contributed by atoms with van der Waals surface area (Å²) >= 11 is 6.66. The highest BCUT2D eigenvalue weighted by Crippen LogP contribution is 2.52. The molecule has 2 aliphatic carbocycles. The van der Waals surface area contributed by atoms with Gasteiger partial charge in [0.05, 0.1) is 58.1 Å². The molecule has 0 radical (unpaired) electrons. The van der Waals surface area contributed by atoms with Gasteiger partial charge in [-0.15, -0.1) is 5.10 Å². The Morgan fingerprint density at radius 1 is 0.859 bits per heavy atom. The number of fused-ring (bicyclic) bond motifs is 7. The molecule has 6 aliphatic rings. The lowest BCUT2D eigenvalue weighted by molar-refractivity contribution is -0.144. The summed E-state index contributed by atoms with van der Waals surface area (Å²) in [6.07, 6.45) is 16.8. The third-order valence-corrected chi connectivity index (χ3v) is 18.8. The van der Waals surface area contributed by atoms with Crippen LogP contribution in [-0.2, 0) is 19.7 Å². The van der Waals surface area contributed by atoms with Gasteiger partial charge in [0.15, 0.2) is 0 Å². The van der Waals surface area contributed by atoms with Crippen molar-refractivity contribution in [1.29, 1.82) is 0 Å². The van der Waals surface area contributed by atoms with E-state index in [0.717, 1.165) is 131 Å². The van der Waals surface area contributed by atoms with Gasteiger partial charge in [-0.05, 0) is 140 Å². The number of hydrogen-bond acceptors (Lipinski definition) is 11. The van der Waals surface area contributed by atoms with E-state index in [1.807, 2.05) is 51.2 Å². The van der Waals surface area contributed by atoms with E-state index >= 15 is 0 Å². The summed E-state index contributed by atoms with van der Waals surface area (Å²) in [6, 6.07) is 23.2. The van der Waals surface area contributed by atoms with Crippen LogP contribution in [-0.4, -0.2) is 132 Å². The first-order valence-electron chi connectivity index (χ1n) is 28.9. The summed E-state index contributed by atoms with van der Waals surface area (Å²) in [6.45, 7) is 12.8. The number of morpholine rings is 1. The van der Waals surface area contributed by atoms with Crippen LogP contribution >= 0.6 is 11.6 Å². The molecule has 2 amide bonds. The van der Waals surface area contributed by atoms with Crippen LogP contribution in [0.3, 0.4) is 0 Å². The molecule has 410 valence electrons. The van der Waals surface area contributed by atoms with Crippen molar-refractivity contribution in [3.63, 3.8) is 0 Å². The molecular formula is C62H75ClN10O5. The minimum Gasteiger partial charge on any atom is -0.391 e. The number of carbonyl (C=O) groups is 2. The first kappa shape index (κ1) is 52.8. The molecule has 4 aliphatic heterocycles. The van der Waals surface area contributed by atoms with E-state index in [-0.39, 0.29) is 47.7 Å². The van der Waals surface area contributed by atoms with Crippen LogP contribution in [0.25, 0.3) is 27.7 Å². The second-order valence-electron chi connectivity index (χ2n) is 24.5. The molecule has 2 saturated carbocycles. The topological polar surface area (TPSA) is 164 Å². The summed E-state index contributed by atoms with van der Waals surface area (Å²) < 4.78 is 9.64. The lowest BCUT2D eigenvalue weighted by Gasteiger charge is -2.37. The molecule has 3 saturated heterocycles. The van der Waals surface area contributed by atoms with E-state index in [9.17, 15) is 19.5 Å². The monoisotopic (exact) mass is 1070 g/mol. The maximum Gasteiger partial charge on any atom is 0.282 e. The number of piperidine rings is 1. The molecule has 15 nitrogen and oxygen atoms in total. The molecule has 3 aromatic heterocycles. The van der Waals surface area contributed by atoms with Crippen LogP contribution in [0.2, 0.25) is 5.02 Å². The molecule has 16 heteroatoms. The Bertz CT molecular complexity index is 3180. The minimum absolute atomic E-state index is 0.0703. The lowest BCUT2D eigenvalue weighted by atomic mass is 9.69. The number of pyridine rings is 1. The van der Waals surface area contributed by atoms with Crippen molar-refractivity contribution in [3.05, 3.63) is 135 Å². The van der Waals surface area contributed by atoms with Gasteiger partial charge < -0.3 is 25.0 Å². The standard InChI is InChI=1S/C62H75ClN10O5/c1-61(2,3)56(59(77)71-37-47(74)35-54(71)57(75)65-50(38-70-30-32-78-33-31-70)44-16-14-41(15-17-44)42-20-26-64-27-21-42)72-39-51(67-68-72)45-12-10-40(11-13-45)36-69-28-22-43(23-29-69)46-18-19-48-53(34-46)73-52-9-7-8-49(63)55(52)58(76)66-60(73)62(48)24-5-4-6-25-62/h7-9,14-21,26-27,34,39-40,43,45,47,50,54,56,74H,4-6,10-13,22-25,28-33,35-38H2,1-3H3,(H,65,75)/t40?,45?,47-,50+,54+,56-/m1/s1. The summed E-state index contributed by atoms with van der Waals surface area (Å²) in [7, 11) is 0. The lowest BCUT2D eigenvalue weighted by Crippen LogP contribution is -2.52. The van der Waals surface area contributed by atoms with Gasteiger partial charge in [0, 0.05) is 63.7 Å². The zero-order chi connectivity index (χ0) is 53.7. The highest BCUT2D eigenvalue weighted by molar-refractivity contribution is 6.35. The third-order valence-electron chi connectivity index (χ3n) is 18.5. The summed E-state index contributed by atoms with van der Waals surface area (Å²) in [5.74, 6) is 1.71. The highest BCUT2D eigenvalue weighted by Gasteiger charge is 2.48. The predicted molar refractivity (Wildman–Crippen MR) is 302 cm³/mol. The van der Waals surface area contributed by atoms with Crippen LogP contribution in [0.5, 0.6) is 0 Å². The summed E-state index contributed by atoms with van der Waals surface area (Å²) in [5.41, 5.74) is 7.69. The Morgan fingerprint density at radius 3 is 2.32 bits per heavy atom. The molecule has 1 spiro atoms. The number of aromatic nitrogens is 6. The van der Waals surface area contributed by atoms with Crippen LogP contribution in [0.15, 0.2) is 96.2 Å². The zero-order valence-electron chi connectivity index (χ0n) is 45.5. The maximum atomic E-state index is 14.9. The number of carbonyl (C=O) groups excluding carboxylic acids is 2. The molecule has 7 heterocycles. The molecule has 3 aromatic carbocycles. The molecule has 6 aromatic rings. The number of halogens is 1. The van der Waals surface area contributed by atoms with Crippen molar-refractivity contribution >= 4 is 34.3 Å². The Morgan fingerprint density at radius 2 is 1.59 bits per heavy atom. The fourth-order valence-electron chi connectivity index (χ4n) is 14.4. The molecular weight excluding hydrogens is 1000 g/mol. The number of benzene rings is 3. The van der Waals surface area contributed by atoms with E-state index in [4.69, 9.17) is 26.4 Å². The van der Waals surface area contributed by atoms with E-state index in [1.165, 1.54) is 23.2 Å². The van der Waals surface area contributed by atoms with Gasteiger partial charge in [-0.2, -0.15) is 4.98 Å². The number of aliphatic hydroxyl groups excluding tert-OH is 1. The van der Waals surface area contributed by atoms with E-state index < -0.39 is 23.6 Å². The SMILES string of the molecule is CC(C)(C)[C@@H](C(=O)N1C[C@H](O)C[C@H]1C(=O)N[C@@H](CN1CCOCC1)c1ccc(-c2ccncc2)cc1)n1cc(C2CCC(CN3CCC(c4ccc5c(c4)-n4c(nc(=O)c6c(Cl)cccc64)C54CCCCC4)CC3)CC2)nn1. The van der Waals surface area contributed by atoms with Crippen molar-refractivity contribution in [2.75, 3.05) is 59.0 Å². The average Bonchev–Trinajstić information content (AvgIpc) is 4.38. The molecule has 78 heavy (non-hydrogen) atoms. The fourth-order valence-corrected chi connectivity index (χ4v) is 14.6. The number of aliphatic hydroxyl groups is 1. The number of hydrogen-bond donors (Lipinski definition) is 2.